The molecular weight excluding hydrogens is 188 g/mol. The van der Waals surface area contributed by atoms with Crippen molar-refractivity contribution in [2.75, 3.05) is 0 Å². The molecule has 0 N–H and O–H groups in total. The van der Waals surface area contributed by atoms with Crippen LogP contribution < -0.4 is 0 Å². The molecule has 1 aliphatic heterocycles. The van der Waals surface area contributed by atoms with E-state index in [9.17, 15) is 4.79 Å². The molecule has 0 saturated carbocycles. The molecule has 1 heterocycles. The molecule has 0 radical (unpaired) electrons. The molecule has 0 aliphatic carbocycles. The first-order chi connectivity index (χ1) is 7.26. The van der Waals surface area contributed by atoms with E-state index in [4.69, 9.17) is 4.74 Å². The van der Waals surface area contributed by atoms with E-state index >= 15 is 0 Å². The zero-order valence-corrected chi connectivity index (χ0v) is 9.61. The molecule has 1 rings (SSSR count). The maximum Gasteiger partial charge on any atom is 0.148 e. The van der Waals surface area contributed by atoms with Crippen LogP contribution in [-0.2, 0) is 9.53 Å². The summed E-state index contributed by atoms with van der Waals surface area (Å²) in [5, 5.41) is 0. The molecule has 0 bridgehead atoms. The number of carbonyl (C=O) groups is 1. The number of allylic oxidation sites excluding steroid dienone is 2. The summed E-state index contributed by atoms with van der Waals surface area (Å²) in [6.45, 7) is 4.02. The lowest BCUT2D eigenvalue weighted by atomic mass is 9.91. The van der Waals surface area contributed by atoms with Gasteiger partial charge in [0, 0.05) is 0 Å². The van der Waals surface area contributed by atoms with Gasteiger partial charge in [0.15, 0.2) is 0 Å². The maximum absolute atomic E-state index is 10.7. The summed E-state index contributed by atoms with van der Waals surface area (Å²) >= 11 is 0. The number of carbonyl (C=O) groups excluding carboxylic acids is 1. The highest BCUT2D eigenvalue weighted by Gasteiger charge is 2.37. The van der Waals surface area contributed by atoms with Crippen LogP contribution in [0.25, 0.3) is 0 Å². The van der Waals surface area contributed by atoms with Crippen LogP contribution in [0.5, 0.6) is 0 Å². The van der Waals surface area contributed by atoms with E-state index in [2.05, 4.69) is 12.2 Å². The summed E-state index contributed by atoms with van der Waals surface area (Å²) in [5.41, 5.74) is -0.134. The van der Waals surface area contributed by atoms with Crippen molar-refractivity contribution in [3.05, 3.63) is 24.3 Å². The van der Waals surface area contributed by atoms with Crippen LogP contribution in [0.3, 0.4) is 0 Å². The fraction of sp³-hybridized carbons (Fsp3) is 0.615. The van der Waals surface area contributed by atoms with Crippen LogP contribution in [0.2, 0.25) is 0 Å². The Labute approximate surface area is 92.0 Å². The lowest BCUT2D eigenvalue weighted by Crippen LogP contribution is -2.28. The van der Waals surface area contributed by atoms with Crippen LogP contribution in [0, 0.1) is 0 Å². The Morgan fingerprint density at radius 2 is 1.87 bits per heavy atom. The maximum atomic E-state index is 10.7. The van der Waals surface area contributed by atoms with Crippen molar-refractivity contribution >= 4 is 6.29 Å². The van der Waals surface area contributed by atoms with Gasteiger partial charge < -0.3 is 9.53 Å². The minimum absolute atomic E-state index is 0.134. The Morgan fingerprint density at radius 3 is 2.27 bits per heavy atom. The third-order valence-electron chi connectivity index (χ3n) is 2.89. The largest absolute Gasteiger partial charge is 0.364 e. The van der Waals surface area contributed by atoms with Crippen LogP contribution >= 0.6 is 0 Å². The molecule has 84 valence electrons. The van der Waals surface area contributed by atoms with E-state index in [1.807, 2.05) is 26.0 Å². The van der Waals surface area contributed by atoms with Crippen LogP contribution in [-0.4, -0.2) is 18.0 Å². The molecular formula is C13H20O2. The molecule has 0 spiro atoms. The summed E-state index contributed by atoms with van der Waals surface area (Å²) in [7, 11) is 0. The van der Waals surface area contributed by atoms with Gasteiger partial charge in [-0.3, -0.25) is 0 Å². The minimum Gasteiger partial charge on any atom is -0.364 e. The molecule has 0 aromatic carbocycles. The third-order valence-corrected chi connectivity index (χ3v) is 2.89. The molecule has 0 aromatic heterocycles. The topological polar surface area (TPSA) is 26.3 Å². The Hall–Kier alpha value is -0.890. The molecule has 2 atom stereocenters. The number of aldehydes is 1. The highest BCUT2D eigenvalue weighted by Crippen LogP contribution is 2.36. The summed E-state index contributed by atoms with van der Waals surface area (Å²) < 4.78 is 5.83. The SMILES string of the molecule is C/C=C\CC1(C/C=C/C)CCC(C=O)O1. The monoisotopic (exact) mass is 208 g/mol. The molecule has 0 aromatic rings. The zero-order chi connectivity index (χ0) is 11.1. The van der Waals surface area contributed by atoms with Gasteiger partial charge in [0.05, 0.1) is 5.60 Å². The molecule has 2 heteroatoms. The lowest BCUT2D eigenvalue weighted by Gasteiger charge is -2.26. The number of hydrogen-bond acceptors (Lipinski definition) is 2. The number of ether oxygens (including phenoxy) is 1. The fourth-order valence-electron chi connectivity index (χ4n) is 1.99. The molecule has 2 unspecified atom stereocenters. The van der Waals surface area contributed by atoms with E-state index < -0.39 is 0 Å². The molecule has 15 heavy (non-hydrogen) atoms. The first-order valence-corrected chi connectivity index (χ1v) is 5.62. The van der Waals surface area contributed by atoms with Crippen molar-refractivity contribution in [3.63, 3.8) is 0 Å². The highest BCUT2D eigenvalue weighted by atomic mass is 16.5. The normalized spacial score (nSPS) is 31.7. The van der Waals surface area contributed by atoms with Crippen molar-refractivity contribution in [2.45, 2.75) is 51.2 Å². The van der Waals surface area contributed by atoms with Crippen LogP contribution in [0.1, 0.15) is 39.5 Å². The first-order valence-electron chi connectivity index (χ1n) is 5.62. The predicted octanol–water partition coefficient (Wildman–Crippen LogP) is 3.04. The molecule has 0 amide bonds. The Bertz CT molecular complexity index is 239. The second-order valence-corrected chi connectivity index (χ2v) is 4.06. The van der Waals surface area contributed by atoms with Crippen molar-refractivity contribution in [2.24, 2.45) is 0 Å². The predicted molar refractivity (Wildman–Crippen MR) is 61.8 cm³/mol. The lowest BCUT2D eigenvalue weighted by molar-refractivity contribution is -0.122. The smallest absolute Gasteiger partial charge is 0.148 e. The van der Waals surface area contributed by atoms with Gasteiger partial charge in [-0.2, -0.15) is 0 Å². The quantitative estimate of drug-likeness (QED) is 0.513. The van der Waals surface area contributed by atoms with E-state index in [0.29, 0.717) is 0 Å². The minimum atomic E-state index is -0.194. The molecule has 1 aliphatic rings. The summed E-state index contributed by atoms with van der Waals surface area (Å²) in [6, 6.07) is 0. The second-order valence-electron chi connectivity index (χ2n) is 4.06. The number of hydrogen-bond donors (Lipinski definition) is 0. The van der Waals surface area contributed by atoms with Crippen molar-refractivity contribution in [1.82, 2.24) is 0 Å². The van der Waals surface area contributed by atoms with Gasteiger partial charge in [0.2, 0.25) is 0 Å². The Morgan fingerprint density at radius 1 is 1.27 bits per heavy atom. The first kappa shape index (κ1) is 12.2. The van der Waals surface area contributed by atoms with Gasteiger partial charge in [-0.1, -0.05) is 24.3 Å². The van der Waals surface area contributed by atoms with Gasteiger partial charge in [-0.05, 0) is 39.5 Å². The second kappa shape index (κ2) is 5.86. The van der Waals surface area contributed by atoms with Crippen molar-refractivity contribution < 1.29 is 9.53 Å². The fourth-order valence-corrected chi connectivity index (χ4v) is 1.99. The van der Waals surface area contributed by atoms with Crippen molar-refractivity contribution in [1.29, 1.82) is 0 Å². The summed E-state index contributed by atoms with van der Waals surface area (Å²) in [5.74, 6) is 0. The molecule has 1 saturated heterocycles. The van der Waals surface area contributed by atoms with Crippen molar-refractivity contribution in [3.8, 4) is 0 Å². The summed E-state index contributed by atoms with van der Waals surface area (Å²) in [4.78, 5) is 10.7. The van der Waals surface area contributed by atoms with E-state index in [-0.39, 0.29) is 11.7 Å². The van der Waals surface area contributed by atoms with Gasteiger partial charge in [0.1, 0.15) is 12.4 Å². The molecule has 2 nitrogen and oxygen atoms in total. The van der Waals surface area contributed by atoms with Crippen LogP contribution in [0.15, 0.2) is 24.3 Å². The standard InChI is InChI=1S/C13H20O2/c1-3-5-8-13(9-6-4-2)10-7-12(11-14)15-13/h3-6,11-12H,7-10H2,1-2H3/b5-3-,6-4+. The van der Waals surface area contributed by atoms with E-state index in [1.165, 1.54) is 0 Å². The average Bonchev–Trinajstić information content (AvgIpc) is 2.68. The van der Waals surface area contributed by atoms with Gasteiger partial charge in [-0.25, -0.2) is 0 Å². The third kappa shape index (κ3) is 3.31. The Kier molecular flexibility index (Phi) is 4.76. The highest BCUT2D eigenvalue weighted by molar-refractivity contribution is 5.56. The van der Waals surface area contributed by atoms with E-state index in [1.54, 1.807) is 0 Å². The van der Waals surface area contributed by atoms with Gasteiger partial charge >= 0.3 is 0 Å². The average molecular weight is 208 g/mol. The van der Waals surface area contributed by atoms with Gasteiger partial charge in [0.25, 0.3) is 0 Å². The number of rotatable bonds is 5. The molecule has 1 fully saturated rings. The van der Waals surface area contributed by atoms with Gasteiger partial charge in [-0.15, -0.1) is 0 Å². The van der Waals surface area contributed by atoms with Crippen LogP contribution in [0.4, 0.5) is 0 Å². The summed E-state index contributed by atoms with van der Waals surface area (Å²) in [6.07, 6.45) is 12.7. The van der Waals surface area contributed by atoms with E-state index in [0.717, 1.165) is 32.0 Å². The zero-order valence-electron chi connectivity index (χ0n) is 9.61. The Balaban J connectivity index is 2.64.